The van der Waals surface area contributed by atoms with E-state index < -0.39 is 0 Å². The van der Waals surface area contributed by atoms with Crippen LogP contribution in [0.15, 0.2) is 60.7 Å². The van der Waals surface area contributed by atoms with E-state index in [4.69, 9.17) is 18.9 Å². The van der Waals surface area contributed by atoms with Crippen LogP contribution >= 0.6 is 0 Å². The molecule has 3 aromatic carbocycles. The summed E-state index contributed by atoms with van der Waals surface area (Å²) in [6.45, 7) is 1.69. The molecule has 35 heavy (non-hydrogen) atoms. The first-order chi connectivity index (χ1) is 17.1. The lowest BCUT2D eigenvalue weighted by Gasteiger charge is -2.31. The van der Waals surface area contributed by atoms with Crippen molar-refractivity contribution in [3.63, 3.8) is 0 Å². The average Bonchev–Trinajstić information content (AvgIpc) is 3.49. The van der Waals surface area contributed by atoms with Gasteiger partial charge in [-0.25, -0.2) is 0 Å². The monoisotopic (exact) mass is 473 g/mol. The van der Waals surface area contributed by atoms with Crippen LogP contribution in [-0.2, 0) is 18.3 Å². The SMILES string of the molecule is COc1ccc2c(c1)C(CCCN(C)C1Cc3cc(OC)c(OC)cc3C1)(c1ccccc1)CO2. The summed E-state index contributed by atoms with van der Waals surface area (Å²) in [7, 11) is 7.38. The Kier molecular flexibility index (Phi) is 6.61. The van der Waals surface area contributed by atoms with Gasteiger partial charge < -0.3 is 23.8 Å². The topological polar surface area (TPSA) is 40.2 Å². The molecule has 0 aromatic heterocycles. The van der Waals surface area contributed by atoms with Gasteiger partial charge in [-0.2, -0.15) is 0 Å². The maximum Gasteiger partial charge on any atom is 0.161 e. The lowest BCUT2D eigenvalue weighted by atomic mass is 9.72. The van der Waals surface area contributed by atoms with Crippen LogP contribution in [0.25, 0.3) is 0 Å². The van der Waals surface area contributed by atoms with Gasteiger partial charge in [0.25, 0.3) is 0 Å². The molecule has 0 saturated heterocycles. The second-order valence-corrected chi connectivity index (χ2v) is 9.72. The molecule has 0 radical (unpaired) electrons. The van der Waals surface area contributed by atoms with Crippen LogP contribution < -0.4 is 18.9 Å². The fraction of sp³-hybridized carbons (Fsp3) is 0.400. The van der Waals surface area contributed by atoms with Crippen molar-refractivity contribution in [3.05, 3.63) is 82.9 Å². The molecule has 3 aromatic rings. The number of likely N-dealkylation sites (N-methyl/N-ethyl adjacent to an activating group) is 1. The number of hydrogen-bond donors (Lipinski definition) is 0. The van der Waals surface area contributed by atoms with Gasteiger partial charge in [0.15, 0.2) is 11.5 Å². The number of hydrogen-bond acceptors (Lipinski definition) is 5. The van der Waals surface area contributed by atoms with Gasteiger partial charge in [0.1, 0.15) is 18.1 Å². The number of benzene rings is 3. The Morgan fingerprint density at radius 3 is 2.20 bits per heavy atom. The maximum absolute atomic E-state index is 6.22. The zero-order valence-corrected chi connectivity index (χ0v) is 21.2. The first-order valence-electron chi connectivity index (χ1n) is 12.4. The minimum absolute atomic E-state index is 0.161. The highest BCUT2D eigenvalue weighted by atomic mass is 16.5. The third-order valence-electron chi connectivity index (χ3n) is 7.86. The molecule has 1 aliphatic carbocycles. The normalized spacial score (nSPS) is 18.8. The van der Waals surface area contributed by atoms with E-state index in [1.165, 1.54) is 22.3 Å². The standard InChI is InChI=1S/C30H35NO4/c1-31(24-15-21-17-28(33-3)29(34-4)18-22(21)16-24)14-8-13-30(23-9-6-5-7-10-23)20-35-27-12-11-25(32-2)19-26(27)30/h5-7,9-12,17-19,24H,8,13-16,20H2,1-4H3. The van der Waals surface area contributed by atoms with Crippen LogP contribution in [0.2, 0.25) is 0 Å². The molecule has 0 amide bonds. The third kappa shape index (κ3) is 4.34. The van der Waals surface area contributed by atoms with Crippen molar-refractivity contribution < 1.29 is 18.9 Å². The molecule has 2 aliphatic rings. The van der Waals surface area contributed by atoms with E-state index in [2.05, 4.69) is 60.5 Å². The second-order valence-electron chi connectivity index (χ2n) is 9.72. The second kappa shape index (κ2) is 9.82. The Bertz CT molecular complexity index is 1150. The molecule has 0 spiro atoms. The van der Waals surface area contributed by atoms with Gasteiger partial charge in [0.05, 0.1) is 26.7 Å². The predicted octanol–water partition coefficient (Wildman–Crippen LogP) is 5.27. The summed E-state index contributed by atoms with van der Waals surface area (Å²) in [5.74, 6) is 3.47. The summed E-state index contributed by atoms with van der Waals surface area (Å²) >= 11 is 0. The Morgan fingerprint density at radius 1 is 0.886 bits per heavy atom. The van der Waals surface area contributed by atoms with Gasteiger partial charge in [0.2, 0.25) is 0 Å². The zero-order valence-electron chi connectivity index (χ0n) is 21.2. The minimum Gasteiger partial charge on any atom is -0.497 e. The number of fused-ring (bicyclic) bond motifs is 2. The molecule has 184 valence electrons. The Labute approximate surface area is 208 Å². The molecule has 0 bridgehead atoms. The summed E-state index contributed by atoms with van der Waals surface area (Å²) in [5.41, 5.74) is 5.11. The lowest BCUT2D eigenvalue weighted by Crippen LogP contribution is -2.35. The smallest absolute Gasteiger partial charge is 0.161 e. The molecule has 0 saturated carbocycles. The highest BCUT2D eigenvalue weighted by molar-refractivity contribution is 5.54. The van der Waals surface area contributed by atoms with E-state index in [0.717, 1.165) is 55.2 Å². The molecule has 0 fully saturated rings. The highest BCUT2D eigenvalue weighted by Gasteiger charge is 2.42. The lowest BCUT2D eigenvalue weighted by molar-refractivity contribution is 0.226. The van der Waals surface area contributed by atoms with E-state index in [1.54, 1.807) is 21.3 Å². The number of nitrogens with zero attached hydrogens (tertiary/aromatic N) is 1. The van der Waals surface area contributed by atoms with Crippen molar-refractivity contribution in [2.75, 3.05) is 41.5 Å². The van der Waals surface area contributed by atoms with Gasteiger partial charge in [-0.3, -0.25) is 0 Å². The summed E-state index contributed by atoms with van der Waals surface area (Å²) < 4.78 is 22.8. The summed E-state index contributed by atoms with van der Waals surface area (Å²) in [6.07, 6.45) is 4.17. The fourth-order valence-corrected chi connectivity index (χ4v) is 5.81. The molecular weight excluding hydrogens is 438 g/mol. The first-order valence-corrected chi connectivity index (χ1v) is 12.4. The molecule has 5 nitrogen and oxygen atoms in total. The summed E-state index contributed by atoms with van der Waals surface area (Å²) in [6, 6.07) is 21.8. The Hall–Kier alpha value is -3.18. The van der Waals surface area contributed by atoms with Crippen LogP contribution in [0.5, 0.6) is 23.0 Å². The van der Waals surface area contributed by atoms with Crippen molar-refractivity contribution in [2.24, 2.45) is 0 Å². The first kappa shape index (κ1) is 23.6. The molecule has 1 unspecified atom stereocenters. The maximum atomic E-state index is 6.22. The minimum atomic E-state index is -0.161. The van der Waals surface area contributed by atoms with E-state index in [-0.39, 0.29) is 5.41 Å². The van der Waals surface area contributed by atoms with Crippen molar-refractivity contribution in [1.82, 2.24) is 4.90 Å². The highest BCUT2D eigenvalue weighted by Crippen LogP contribution is 2.48. The summed E-state index contributed by atoms with van der Waals surface area (Å²) in [5, 5.41) is 0. The van der Waals surface area contributed by atoms with Crippen LogP contribution in [0.4, 0.5) is 0 Å². The van der Waals surface area contributed by atoms with Gasteiger partial charge in [-0.1, -0.05) is 30.3 Å². The molecule has 1 aliphatic heterocycles. The third-order valence-corrected chi connectivity index (χ3v) is 7.86. The molecule has 1 atom stereocenters. The zero-order chi connectivity index (χ0) is 24.4. The van der Waals surface area contributed by atoms with E-state index >= 15 is 0 Å². The number of methoxy groups -OCH3 is 3. The van der Waals surface area contributed by atoms with Crippen LogP contribution in [-0.4, -0.2) is 52.5 Å². The Morgan fingerprint density at radius 2 is 1.57 bits per heavy atom. The van der Waals surface area contributed by atoms with Gasteiger partial charge >= 0.3 is 0 Å². The number of ether oxygens (including phenoxy) is 4. The molecule has 5 heteroatoms. The van der Waals surface area contributed by atoms with E-state index in [0.29, 0.717) is 12.6 Å². The van der Waals surface area contributed by atoms with Gasteiger partial charge in [-0.15, -0.1) is 0 Å². The van der Waals surface area contributed by atoms with Crippen LogP contribution in [0, 0.1) is 0 Å². The van der Waals surface area contributed by atoms with Crippen LogP contribution in [0.1, 0.15) is 35.1 Å². The van der Waals surface area contributed by atoms with Crippen molar-refractivity contribution >= 4 is 0 Å². The molecule has 1 heterocycles. The average molecular weight is 474 g/mol. The molecule has 5 rings (SSSR count). The van der Waals surface area contributed by atoms with E-state index in [9.17, 15) is 0 Å². The predicted molar refractivity (Wildman–Crippen MR) is 138 cm³/mol. The van der Waals surface area contributed by atoms with Gasteiger partial charge in [-0.05, 0) is 86.3 Å². The van der Waals surface area contributed by atoms with Crippen molar-refractivity contribution in [2.45, 2.75) is 37.1 Å². The van der Waals surface area contributed by atoms with E-state index in [1.807, 2.05) is 12.1 Å². The number of rotatable bonds is 9. The quantitative estimate of drug-likeness (QED) is 0.423. The molecular formula is C30H35NO4. The van der Waals surface area contributed by atoms with Crippen molar-refractivity contribution in [1.29, 1.82) is 0 Å². The van der Waals surface area contributed by atoms with Crippen LogP contribution in [0.3, 0.4) is 0 Å². The fourth-order valence-electron chi connectivity index (χ4n) is 5.81. The van der Waals surface area contributed by atoms with Crippen molar-refractivity contribution in [3.8, 4) is 23.0 Å². The summed E-state index contributed by atoms with van der Waals surface area (Å²) in [4.78, 5) is 2.51. The molecule has 0 N–H and O–H groups in total. The van der Waals surface area contributed by atoms with Gasteiger partial charge in [0, 0.05) is 11.6 Å². The Balaban J connectivity index is 1.31. The largest absolute Gasteiger partial charge is 0.497 e.